The van der Waals surface area contributed by atoms with E-state index in [1.165, 1.54) is 18.4 Å². The molecule has 0 heteroatoms. The van der Waals surface area contributed by atoms with Gasteiger partial charge in [-0.1, -0.05) is 68.8 Å². The molecule has 0 aliphatic heterocycles. The molecule has 14 heavy (non-hydrogen) atoms. The van der Waals surface area contributed by atoms with Crippen molar-refractivity contribution in [1.82, 2.24) is 0 Å². The van der Waals surface area contributed by atoms with Gasteiger partial charge >= 0.3 is 0 Å². The van der Waals surface area contributed by atoms with Crippen LogP contribution in [0.3, 0.4) is 0 Å². The highest BCUT2D eigenvalue weighted by atomic mass is 14.0. The molecule has 0 spiro atoms. The van der Waals surface area contributed by atoms with E-state index in [9.17, 15) is 0 Å². The molecule has 0 atom stereocenters. The molecule has 0 aliphatic carbocycles. The van der Waals surface area contributed by atoms with Crippen molar-refractivity contribution < 1.29 is 0 Å². The van der Waals surface area contributed by atoms with Crippen LogP contribution in [0.25, 0.3) is 5.57 Å². The number of rotatable bonds is 5. The van der Waals surface area contributed by atoms with Crippen LogP contribution in [-0.2, 0) is 0 Å². The van der Waals surface area contributed by atoms with Crippen LogP contribution in [0.2, 0.25) is 0 Å². The van der Waals surface area contributed by atoms with Crippen LogP contribution < -0.4 is 0 Å². The summed E-state index contributed by atoms with van der Waals surface area (Å²) >= 11 is 0. The van der Waals surface area contributed by atoms with Crippen LogP contribution in [0.4, 0.5) is 0 Å². The normalized spacial score (nSPS) is 10.6. The number of allylic oxidation sites excluding steroid dienone is 3. The molecule has 1 rings (SSSR count). The summed E-state index contributed by atoms with van der Waals surface area (Å²) in [5.41, 5.74) is 2.31. The number of hydrogen-bond acceptors (Lipinski definition) is 0. The Labute approximate surface area is 87.0 Å². The van der Waals surface area contributed by atoms with Gasteiger partial charge in [-0.3, -0.25) is 0 Å². The molecule has 0 fully saturated rings. The largest absolute Gasteiger partial charge is 0.0912 e. The molecular weight excluding hydrogens is 168 g/mol. The molecule has 1 aromatic carbocycles. The lowest BCUT2D eigenvalue weighted by atomic mass is 10.1. The van der Waals surface area contributed by atoms with Crippen LogP contribution in [-0.4, -0.2) is 0 Å². The van der Waals surface area contributed by atoms with Gasteiger partial charge in [-0.15, -0.1) is 0 Å². The molecule has 0 amide bonds. The second-order valence-corrected chi connectivity index (χ2v) is 3.44. The van der Waals surface area contributed by atoms with Crippen molar-refractivity contribution in [1.29, 1.82) is 0 Å². The van der Waals surface area contributed by atoms with Crippen molar-refractivity contribution >= 4 is 5.57 Å². The van der Waals surface area contributed by atoms with E-state index in [0.29, 0.717) is 0 Å². The lowest BCUT2D eigenvalue weighted by Crippen LogP contribution is -1.77. The van der Waals surface area contributed by atoms with Crippen LogP contribution >= 0.6 is 0 Å². The number of hydrogen-bond donors (Lipinski definition) is 0. The maximum Gasteiger partial charge on any atom is -0.0190 e. The lowest BCUT2D eigenvalue weighted by Gasteiger charge is -1.98. The van der Waals surface area contributed by atoms with Gasteiger partial charge in [0.25, 0.3) is 0 Å². The first-order valence-corrected chi connectivity index (χ1v) is 5.25. The second-order valence-electron chi connectivity index (χ2n) is 3.44. The molecule has 0 N–H and O–H groups in total. The van der Waals surface area contributed by atoms with Crippen LogP contribution in [0.5, 0.6) is 0 Å². The van der Waals surface area contributed by atoms with E-state index in [-0.39, 0.29) is 0 Å². The zero-order valence-corrected chi connectivity index (χ0v) is 8.87. The van der Waals surface area contributed by atoms with Gasteiger partial charge in [-0.2, -0.15) is 0 Å². The fraction of sp³-hybridized carbons (Fsp3) is 0.286. The summed E-state index contributed by atoms with van der Waals surface area (Å²) in [6.45, 7) is 6.24. The van der Waals surface area contributed by atoms with E-state index in [4.69, 9.17) is 0 Å². The van der Waals surface area contributed by atoms with Gasteiger partial charge in [-0.25, -0.2) is 0 Å². The lowest BCUT2D eigenvalue weighted by molar-refractivity contribution is 0.815. The first-order valence-electron chi connectivity index (χ1n) is 5.25. The Morgan fingerprint density at radius 1 is 1.29 bits per heavy atom. The summed E-state index contributed by atoms with van der Waals surface area (Å²) in [5, 5.41) is 0. The van der Waals surface area contributed by atoms with E-state index < -0.39 is 0 Å². The Balaban J connectivity index is 2.47. The third-order valence-electron chi connectivity index (χ3n) is 2.19. The van der Waals surface area contributed by atoms with Gasteiger partial charge in [0.2, 0.25) is 0 Å². The average Bonchev–Trinajstić information content (AvgIpc) is 2.25. The molecule has 0 nitrogen and oxygen atoms in total. The number of unbranched alkanes of at least 4 members (excludes halogenated alkanes) is 2. The Kier molecular flexibility index (Phi) is 4.77. The minimum absolute atomic E-state index is 1.10. The maximum absolute atomic E-state index is 4.04. The number of benzene rings is 1. The average molecular weight is 186 g/mol. The van der Waals surface area contributed by atoms with E-state index in [1.807, 2.05) is 18.2 Å². The van der Waals surface area contributed by atoms with Crippen LogP contribution in [0, 0.1) is 0 Å². The van der Waals surface area contributed by atoms with Gasteiger partial charge in [0.1, 0.15) is 0 Å². The smallest absolute Gasteiger partial charge is 0.0190 e. The van der Waals surface area contributed by atoms with Crippen molar-refractivity contribution in [3.8, 4) is 0 Å². The Bertz CT molecular complexity index is 293. The first kappa shape index (κ1) is 10.8. The molecule has 0 saturated heterocycles. The fourth-order valence-electron chi connectivity index (χ4n) is 1.30. The maximum atomic E-state index is 4.04. The third-order valence-corrected chi connectivity index (χ3v) is 2.19. The van der Waals surface area contributed by atoms with Gasteiger partial charge in [0.05, 0.1) is 0 Å². The van der Waals surface area contributed by atoms with Crippen LogP contribution in [0.15, 0.2) is 49.1 Å². The molecule has 0 aromatic heterocycles. The van der Waals surface area contributed by atoms with E-state index in [1.54, 1.807) is 0 Å². The van der Waals surface area contributed by atoms with E-state index >= 15 is 0 Å². The topological polar surface area (TPSA) is 0 Å². The highest BCUT2D eigenvalue weighted by molar-refractivity contribution is 5.71. The molecule has 0 bridgehead atoms. The van der Waals surface area contributed by atoms with Crippen molar-refractivity contribution in [2.24, 2.45) is 0 Å². The molecule has 0 radical (unpaired) electrons. The van der Waals surface area contributed by atoms with Crippen LogP contribution in [0.1, 0.15) is 31.7 Å². The van der Waals surface area contributed by atoms with Crippen molar-refractivity contribution in [3.63, 3.8) is 0 Å². The van der Waals surface area contributed by atoms with E-state index in [0.717, 1.165) is 12.0 Å². The monoisotopic (exact) mass is 186 g/mol. The first-order chi connectivity index (χ1) is 6.84. The predicted molar refractivity (Wildman–Crippen MR) is 64.1 cm³/mol. The quantitative estimate of drug-likeness (QED) is 0.471. The second kappa shape index (κ2) is 6.20. The summed E-state index contributed by atoms with van der Waals surface area (Å²) in [6.07, 6.45) is 7.99. The molecule has 0 unspecified atom stereocenters. The standard InChI is InChI=1S/C14H18/c1-3-4-5-7-10-13(2)14-11-8-6-9-12-14/h6-12H,2-5H2,1H3/b10-7+. The minimum Gasteiger partial charge on any atom is -0.0912 e. The Morgan fingerprint density at radius 3 is 2.64 bits per heavy atom. The van der Waals surface area contributed by atoms with Gasteiger partial charge in [-0.05, 0) is 17.6 Å². The highest BCUT2D eigenvalue weighted by Crippen LogP contribution is 2.13. The molecule has 1 aromatic rings. The van der Waals surface area contributed by atoms with Gasteiger partial charge in [0, 0.05) is 0 Å². The molecular formula is C14H18. The minimum atomic E-state index is 1.10. The zero-order chi connectivity index (χ0) is 10.2. The summed E-state index contributed by atoms with van der Waals surface area (Å²) in [4.78, 5) is 0. The third kappa shape index (κ3) is 3.61. The van der Waals surface area contributed by atoms with Crippen molar-refractivity contribution in [2.75, 3.05) is 0 Å². The molecule has 0 aliphatic rings. The summed E-state index contributed by atoms with van der Waals surface area (Å²) in [5.74, 6) is 0. The zero-order valence-electron chi connectivity index (χ0n) is 8.87. The fourth-order valence-corrected chi connectivity index (χ4v) is 1.30. The van der Waals surface area contributed by atoms with E-state index in [2.05, 4.69) is 37.8 Å². The summed E-state index contributed by atoms with van der Waals surface area (Å²) < 4.78 is 0. The predicted octanol–water partition coefficient (Wildman–Crippen LogP) is 4.45. The SMILES string of the molecule is C=C(/C=C/CCCC)c1ccccc1. The Morgan fingerprint density at radius 2 is 2.00 bits per heavy atom. The molecule has 0 heterocycles. The van der Waals surface area contributed by atoms with Crippen molar-refractivity contribution in [3.05, 3.63) is 54.6 Å². The summed E-state index contributed by atoms with van der Waals surface area (Å²) in [6, 6.07) is 10.3. The Hall–Kier alpha value is -1.30. The molecule has 0 saturated carbocycles. The van der Waals surface area contributed by atoms with Gasteiger partial charge < -0.3 is 0 Å². The van der Waals surface area contributed by atoms with Gasteiger partial charge in [0.15, 0.2) is 0 Å². The summed E-state index contributed by atoms with van der Waals surface area (Å²) in [7, 11) is 0. The molecule has 74 valence electrons. The highest BCUT2D eigenvalue weighted by Gasteiger charge is 1.91. The van der Waals surface area contributed by atoms with Crippen molar-refractivity contribution in [2.45, 2.75) is 26.2 Å².